The number of hydrogen-bond donors (Lipinski definition) is 0. The molecule has 2 heterocycles. The van der Waals surface area contributed by atoms with E-state index in [1.165, 1.54) is 5.56 Å². The fraction of sp³-hybridized carbons (Fsp3) is 0.321. The van der Waals surface area contributed by atoms with Crippen molar-refractivity contribution in [2.75, 3.05) is 13.1 Å². The molecule has 0 bridgehead atoms. The minimum absolute atomic E-state index is 0.113. The molecule has 4 heteroatoms. The Hall–Kier alpha value is -3.27. The van der Waals surface area contributed by atoms with Gasteiger partial charge in [-0.25, -0.2) is 0 Å². The fourth-order valence-corrected chi connectivity index (χ4v) is 4.82. The van der Waals surface area contributed by atoms with Gasteiger partial charge in [0.05, 0.1) is 0 Å². The van der Waals surface area contributed by atoms with Crippen LogP contribution in [-0.2, 0) is 21.4 Å². The lowest BCUT2D eigenvalue weighted by Gasteiger charge is -2.42. The quantitative estimate of drug-likeness (QED) is 0.548. The van der Waals surface area contributed by atoms with E-state index in [9.17, 15) is 9.59 Å². The van der Waals surface area contributed by atoms with Gasteiger partial charge in [0, 0.05) is 50.2 Å². The molecule has 0 aliphatic carbocycles. The smallest absolute Gasteiger partial charge is 0.219 e. The Balaban J connectivity index is 1.47. The van der Waals surface area contributed by atoms with Crippen LogP contribution in [0, 0.1) is 6.92 Å². The van der Waals surface area contributed by atoms with Gasteiger partial charge in [0.1, 0.15) is 5.78 Å². The number of aryl methyl sites for hydroxylation is 1. The van der Waals surface area contributed by atoms with Crippen LogP contribution in [0.5, 0.6) is 0 Å². The third-order valence-electron chi connectivity index (χ3n) is 6.67. The van der Waals surface area contributed by atoms with Crippen molar-refractivity contribution in [2.45, 2.75) is 44.9 Å². The Morgan fingerprint density at radius 3 is 2.25 bits per heavy atom. The highest BCUT2D eigenvalue weighted by Gasteiger charge is 2.38. The molecule has 4 rings (SSSR count). The minimum Gasteiger partial charge on any atom is -0.343 e. The van der Waals surface area contributed by atoms with Crippen molar-refractivity contribution in [2.24, 2.45) is 0 Å². The Bertz CT molecular complexity index is 1080. The number of hydrogen-bond acceptors (Lipinski definition) is 3. The van der Waals surface area contributed by atoms with E-state index in [4.69, 9.17) is 0 Å². The highest BCUT2D eigenvalue weighted by atomic mass is 16.2. The molecule has 1 amide bonds. The summed E-state index contributed by atoms with van der Waals surface area (Å²) in [6.07, 6.45) is 4.41. The van der Waals surface area contributed by atoms with Crippen molar-refractivity contribution >= 4 is 11.7 Å². The van der Waals surface area contributed by atoms with Crippen molar-refractivity contribution in [1.82, 2.24) is 9.88 Å². The van der Waals surface area contributed by atoms with Gasteiger partial charge >= 0.3 is 0 Å². The van der Waals surface area contributed by atoms with Crippen molar-refractivity contribution in [1.29, 1.82) is 0 Å². The lowest BCUT2D eigenvalue weighted by Crippen LogP contribution is -2.45. The molecule has 0 atom stereocenters. The summed E-state index contributed by atoms with van der Waals surface area (Å²) < 4.78 is 0. The molecule has 32 heavy (non-hydrogen) atoms. The predicted molar refractivity (Wildman–Crippen MR) is 127 cm³/mol. The highest BCUT2D eigenvalue weighted by Crippen LogP contribution is 2.39. The van der Waals surface area contributed by atoms with E-state index in [0.717, 1.165) is 35.2 Å². The molecule has 164 valence electrons. The molecular weight excluding hydrogens is 396 g/mol. The molecule has 1 fully saturated rings. The van der Waals surface area contributed by atoms with Crippen LogP contribution in [-0.4, -0.2) is 34.7 Å². The molecule has 1 aliphatic heterocycles. The normalized spacial score (nSPS) is 15.4. The number of benzene rings is 2. The number of piperidine rings is 1. The summed E-state index contributed by atoms with van der Waals surface area (Å²) in [6.45, 7) is 5.02. The summed E-state index contributed by atoms with van der Waals surface area (Å²) in [4.78, 5) is 31.2. The maximum atomic E-state index is 13.2. The van der Waals surface area contributed by atoms with Crippen molar-refractivity contribution < 1.29 is 9.59 Å². The third-order valence-corrected chi connectivity index (χ3v) is 6.67. The molecule has 2 aromatic carbocycles. The largest absolute Gasteiger partial charge is 0.343 e. The zero-order valence-corrected chi connectivity index (χ0v) is 18.9. The van der Waals surface area contributed by atoms with Crippen LogP contribution in [0.3, 0.4) is 0 Å². The summed E-state index contributed by atoms with van der Waals surface area (Å²) in [5.41, 5.74) is 5.30. The van der Waals surface area contributed by atoms with Gasteiger partial charge in [-0.3, -0.25) is 14.6 Å². The maximum Gasteiger partial charge on any atom is 0.219 e. The maximum absolute atomic E-state index is 13.2. The zero-order chi connectivity index (χ0) is 22.6. The SMILES string of the molecule is CC(=O)N1CCC(CC(=O)Cc2ccc(-c3ccnc(C)c3)cc2)(c2ccccc2)CC1. The average molecular weight is 427 g/mol. The first-order valence-corrected chi connectivity index (χ1v) is 11.3. The molecule has 4 nitrogen and oxygen atoms in total. The van der Waals surface area contributed by atoms with E-state index in [2.05, 4.69) is 47.4 Å². The number of amides is 1. The monoisotopic (exact) mass is 426 g/mol. The first-order chi connectivity index (χ1) is 15.4. The number of Topliss-reactive ketones (excluding diaryl/α,β-unsaturated/α-hetero) is 1. The van der Waals surface area contributed by atoms with Crippen LogP contribution in [0.25, 0.3) is 11.1 Å². The molecule has 0 spiro atoms. The summed E-state index contributed by atoms with van der Waals surface area (Å²) in [5, 5.41) is 0. The number of carbonyl (C=O) groups excluding carboxylic acids is 2. The van der Waals surface area contributed by atoms with Crippen LogP contribution in [0.1, 0.15) is 43.0 Å². The topological polar surface area (TPSA) is 50.3 Å². The summed E-state index contributed by atoms with van der Waals surface area (Å²) in [5.74, 6) is 0.361. The van der Waals surface area contributed by atoms with Gasteiger partial charge in [0.2, 0.25) is 5.91 Å². The fourth-order valence-electron chi connectivity index (χ4n) is 4.82. The Labute approximate surface area is 190 Å². The van der Waals surface area contributed by atoms with E-state index in [1.54, 1.807) is 6.92 Å². The van der Waals surface area contributed by atoms with Gasteiger partial charge < -0.3 is 4.90 Å². The molecule has 1 saturated heterocycles. The zero-order valence-electron chi connectivity index (χ0n) is 18.9. The first kappa shape index (κ1) is 21.9. The van der Waals surface area contributed by atoms with Crippen LogP contribution in [0.4, 0.5) is 0 Å². The van der Waals surface area contributed by atoms with Crippen LogP contribution >= 0.6 is 0 Å². The van der Waals surface area contributed by atoms with Gasteiger partial charge in [0.15, 0.2) is 0 Å². The van der Waals surface area contributed by atoms with Crippen LogP contribution < -0.4 is 0 Å². The molecule has 0 saturated carbocycles. The molecule has 3 aromatic rings. The lowest BCUT2D eigenvalue weighted by molar-refractivity contribution is -0.130. The van der Waals surface area contributed by atoms with Crippen molar-refractivity contribution in [3.63, 3.8) is 0 Å². The summed E-state index contributed by atoms with van der Waals surface area (Å²) in [7, 11) is 0. The number of aromatic nitrogens is 1. The number of likely N-dealkylation sites (tertiary alicyclic amines) is 1. The Morgan fingerprint density at radius 2 is 1.62 bits per heavy atom. The second kappa shape index (κ2) is 9.47. The molecule has 0 unspecified atom stereocenters. The first-order valence-electron chi connectivity index (χ1n) is 11.3. The third kappa shape index (κ3) is 4.96. The Morgan fingerprint density at radius 1 is 0.938 bits per heavy atom. The number of pyridine rings is 1. The highest BCUT2D eigenvalue weighted by molar-refractivity contribution is 5.82. The number of nitrogens with zero attached hydrogens (tertiary/aromatic N) is 2. The van der Waals surface area contributed by atoms with Gasteiger partial charge in [-0.2, -0.15) is 0 Å². The average Bonchev–Trinajstić information content (AvgIpc) is 2.80. The van der Waals surface area contributed by atoms with Gasteiger partial charge in [-0.15, -0.1) is 0 Å². The lowest BCUT2D eigenvalue weighted by atomic mass is 9.69. The van der Waals surface area contributed by atoms with E-state index >= 15 is 0 Å². The molecule has 1 aromatic heterocycles. The van der Waals surface area contributed by atoms with Crippen molar-refractivity contribution in [3.8, 4) is 11.1 Å². The molecular formula is C28H30N2O2. The molecule has 1 aliphatic rings. The second-order valence-corrected chi connectivity index (χ2v) is 8.93. The van der Waals surface area contributed by atoms with Gasteiger partial charge in [0.25, 0.3) is 0 Å². The number of rotatable bonds is 6. The van der Waals surface area contributed by atoms with Crippen LogP contribution in [0.15, 0.2) is 72.9 Å². The van der Waals surface area contributed by atoms with E-state index in [-0.39, 0.29) is 17.1 Å². The summed E-state index contributed by atoms with van der Waals surface area (Å²) >= 11 is 0. The summed E-state index contributed by atoms with van der Waals surface area (Å²) in [6, 6.07) is 22.7. The second-order valence-electron chi connectivity index (χ2n) is 8.93. The van der Waals surface area contributed by atoms with Gasteiger partial charge in [-0.1, -0.05) is 54.6 Å². The standard InChI is InChI=1S/C28H30N2O2/c1-21-18-25(12-15-29-21)24-10-8-23(9-11-24)19-27(32)20-28(26-6-4-3-5-7-26)13-16-30(17-14-28)22(2)31/h3-12,15,18H,13-14,16-17,19-20H2,1-2H3. The van der Waals surface area contributed by atoms with E-state index < -0.39 is 0 Å². The van der Waals surface area contributed by atoms with Crippen molar-refractivity contribution in [3.05, 3.63) is 89.7 Å². The van der Waals surface area contributed by atoms with Gasteiger partial charge in [-0.05, 0) is 54.2 Å². The minimum atomic E-state index is -0.196. The number of carbonyl (C=O) groups is 2. The van der Waals surface area contributed by atoms with E-state index in [0.29, 0.717) is 25.9 Å². The number of ketones is 1. The Kier molecular flexibility index (Phi) is 6.50. The molecule has 0 N–H and O–H groups in total. The predicted octanol–water partition coefficient (Wildman–Crippen LogP) is 5.14. The van der Waals surface area contributed by atoms with Crippen LogP contribution in [0.2, 0.25) is 0 Å². The van der Waals surface area contributed by atoms with E-state index in [1.807, 2.05) is 42.3 Å². The molecule has 0 radical (unpaired) electrons.